The van der Waals surface area contributed by atoms with Crippen molar-refractivity contribution in [3.63, 3.8) is 0 Å². The number of anilines is 2. The number of amides is 2. The van der Waals surface area contributed by atoms with Crippen molar-refractivity contribution in [1.29, 1.82) is 0 Å². The molecule has 0 unspecified atom stereocenters. The monoisotopic (exact) mass is 305 g/mol. The number of carbonyl (C=O) groups excluding carboxylic acids is 2. The molecule has 3 aromatic rings. The minimum Gasteiger partial charge on any atom is -0.326 e. The maximum absolute atomic E-state index is 12.5. The number of carbonyl (C=O) groups is 2. The fourth-order valence-electron chi connectivity index (χ4n) is 2.39. The van der Waals surface area contributed by atoms with Crippen LogP contribution in [0.4, 0.5) is 11.4 Å². The summed E-state index contributed by atoms with van der Waals surface area (Å²) in [7, 11) is 0. The second kappa shape index (κ2) is 6.27. The van der Waals surface area contributed by atoms with E-state index in [-0.39, 0.29) is 11.8 Å². The van der Waals surface area contributed by atoms with Gasteiger partial charge >= 0.3 is 0 Å². The Morgan fingerprint density at radius 1 is 0.957 bits per heavy atom. The highest BCUT2D eigenvalue weighted by Crippen LogP contribution is 2.20. The average Bonchev–Trinajstić information content (AvgIpc) is 2.54. The van der Waals surface area contributed by atoms with Crippen molar-refractivity contribution >= 4 is 34.0 Å². The Morgan fingerprint density at radius 2 is 1.70 bits per heavy atom. The number of hydrogen-bond acceptors (Lipinski definition) is 3. The van der Waals surface area contributed by atoms with E-state index in [9.17, 15) is 9.59 Å². The van der Waals surface area contributed by atoms with Gasteiger partial charge in [0.1, 0.15) is 0 Å². The summed E-state index contributed by atoms with van der Waals surface area (Å²) in [4.78, 5) is 27.7. The predicted octanol–water partition coefficient (Wildman–Crippen LogP) is 3.45. The second-order valence-electron chi connectivity index (χ2n) is 5.12. The molecule has 3 rings (SSSR count). The predicted molar refractivity (Wildman–Crippen MR) is 90.4 cm³/mol. The summed E-state index contributed by atoms with van der Waals surface area (Å²) in [5.74, 6) is -0.378. The van der Waals surface area contributed by atoms with E-state index in [2.05, 4.69) is 15.6 Å². The molecule has 0 bridgehead atoms. The van der Waals surface area contributed by atoms with Gasteiger partial charge in [-0.1, -0.05) is 18.2 Å². The Kier molecular flexibility index (Phi) is 4.01. The van der Waals surface area contributed by atoms with Gasteiger partial charge in [-0.25, -0.2) is 0 Å². The lowest BCUT2D eigenvalue weighted by molar-refractivity contribution is -0.114. The van der Waals surface area contributed by atoms with E-state index in [1.807, 2.05) is 18.2 Å². The Balaban J connectivity index is 1.88. The standard InChI is InChI=1S/C18H15N3O2/c1-12(22)20-14-5-3-6-15(10-14)21-18(23)16-7-2-4-13-8-9-19-11-17(13)16/h2-11H,1H3,(H,20,22)(H,21,23). The van der Waals surface area contributed by atoms with E-state index in [1.54, 1.807) is 42.7 Å². The molecule has 0 aliphatic carbocycles. The first-order chi connectivity index (χ1) is 11.1. The third-order valence-electron chi connectivity index (χ3n) is 3.37. The number of aromatic nitrogens is 1. The van der Waals surface area contributed by atoms with Crippen molar-refractivity contribution < 1.29 is 9.59 Å². The van der Waals surface area contributed by atoms with Gasteiger partial charge < -0.3 is 10.6 Å². The van der Waals surface area contributed by atoms with Crippen LogP contribution in [0.25, 0.3) is 10.8 Å². The van der Waals surface area contributed by atoms with E-state index in [0.717, 1.165) is 10.8 Å². The molecule has 0 atom stereocenters. The SMILES string of the molecule is CC(=O)Nc1cccc(NC(=O)c2cccc3ccncc23)c1. The fourth-order valence-corrected chi connectivity index (χ4v) is 2.39. The molecule has 2 amide bonds. The van der Waals surface area contributed by atoms with Crippen LogP contribution in [-0.2, 0) is 4.79 Å². The molecule has 0 saturated heterocycles. The molecular formula is C18H15N3O2. The van der Waals surface area contributed by atoms with Crippen LogP contribution in [0.1, 0.15) is 17.3 Å². The summed E-state index contributed by atoms with van der Waals surface area (Å²) >= 11 is 0. The molecule has 5 nitrogen and oxygen atoms in total. The highest BCUT2D eigenvalue weighted by atomic mass is 16.2. The molecule has 2 aromatic carbocycles. The number of nitrogens with zero attached hydrogens (tertiary/aromatic N) is 1. The highest BCUT2D eigenvalue weighted by Gasteiger charge is 2.10. The third kappa shape index (κ3) is 3.35. The number of nitrogens with one attached hydrogen (secondary N) is 2. The van der Waals surface area contributed by atoms with Crippen LogP contribution in [0, 0.1) is 0 Å². The van der Waals surface area contributed by atoms with Crippen molar-refractivity contribution in [2.75, 3.05) is 10.6 Å². The van der Waals surface area contributed by atoms with Crippen LogP contribution in [0.2, 0.25) is 0 Å². The fraction of sp³-hybridized carbons (Fsp3) is 0.0556. The maximum atomic E-state index is 12.5. The molecule has 0 spiro atoms. The molecule has 1 heterocycles. The van der Waals surface area contributed by atoms with Gasteiger partial charge in [-0.3, -0.25) is 14.6 Å². The van der Waals surface area contributed by atoms with Gasteiger partial charge in [-0.15, -0.1) is 0 Å². The first-order valence-electron chi connectivity index (χ1n) is 7.15. The molecule has 23 heavy (non-hydrogen) atoms. The van der Waals surface area contributed by atoms with E-state index < -0.39 is 0 Å². The molecule has 2 N–H and O–H groups in total. The van der Waals surface area contributed by atoms with E-state index in [1.165, 1.54) is 6.92 Å². The zero-order valence-corrected chi connectivity index (χ0v) is 12.5. The molecule has 0 fully saturated rings. The van der Waals surface area contributed by atoms with Crippen molar-refractivity contribution in [3.8, 4) is 0 Å². The van der Waals surface area contributed by atoms with Crippen molar-refractivity contribution in [2.45, 2.75) is 6.92 Å². The second-order valence-corrected chi connectivity index (χ2v) is 5.12. The number of benzene rings is 2. The van der Waals surface area contributed by atoms with Crippen molar-refractivity contribution in [3.05, 3.63) is 66.5 Å². The molecule has 114 valence electrons. The molecule has 0 aliphatic heterocycles. The molecule has 0 saturated carbocycles. The Bertz CT molecular complexity index is 885. The van der Waals surface area contributed by atoms with Gasteiger partial charge in [0.2, 0.25) is 5.91 Å². The smallest absolute Gasteiger partial charge is 0.256 e. The number of pyridine rings is 1. The van der Waals surface area contributed by atoms with E-state index in [0.29, 0.717) is 16.9 Å². The molecule has 5 heteroatoms. The summed E-state index contributed by atoms with van der Waals surface area (Å²) in [5, 5.41) is 7.29. The van der Waals surface area contributed by atoms with Gasteiger partial charge in [-0.2, -0.15) is 0 Å². The summed E-state index contributed by atoms with van der Waals surface area (Å²) in [6, 6.07) is 14.4. The first kappa shape index (κ1) is 14.7. The van der Waals surface area contributed by atoms with Crippen LogP contribution in [0.5, 0.6) is 0 Å². The molecule has 0 aliphatic rings. The largest absolute Gasteiger partial charge is 0.326 e. The molecule has 1 aromatic heterocycles. The van der Waals surface area contributed by atoms with Crippen LogP contribution < -0.4 is 10.6 Å². The van der Waals surface area contributed by atoms with Gasteiger partial charge in [0, 0.05) is 41.6 Å². The van der Waals surface area contributed by atoms with Crippen LogP contribution in [0.15, 0.2) is 60.9 Å². The normalized spacial score (nSPS) is 10.3. The van der Waals surface area contributed by atoms with Crippen LogP contribution in [0.3, 0.4) is 0 Å². The minimum atomic E-state index is -0.219. The Morgan fingerprint density at radius 3 is 2.48 bits per heavy atom. The summed E-state index contributed by atoms with van der Waals surface area (Å²) < 4.78 is 0. The number of fused-ring (bicyclic) bond motifs is 1. The number of hydrogen-bond donors (Lipinski definition) is 2. The van der Waals surface area contributed by atoms with Crippen LogP contribution >= 0.6 is 0 Å². The Labute approximate surface area is 133 Å². The highest BCUT2D eigenvalue weighted by molar-refractivity contribution is 6.12. The summed E-state index contributed by atoms with van der Waals surface area (Å²) in [6.07, 6.45) is 3.37. The maximum Gasteiger partial charge on any atom is 0.256 e. The minimum absolute atomic E-state index is 0.159. The topological polar surface area (TPSA) is 71.1 Å². The first-order valence-corrected chi connectivity index (χ1v) is 7.15. The van der Waals surface area contributed by atoms with Gasteiger partial charge in [-0.05, 0) is 35.7 Å². The Hall–Kier alpha value is -3.21. The lowest BCUT2D eigenvalue weighted by atomic mass is 10.1. The third-order valence-corrected chi connectivity index (χ3v) is 3.37. The average molecular weight is 305 g/mol. The number of rotatable bonds is 3. The quantitative estimate of drug-likeness (QED) is 0.778. The zero-order chi connectivity index (χ0) is 16.2. The zero-order valence-electron chi connectivity index (χ0n) is 12.5. The van der Waals surface area contributed by atoms with Crippen LogP contribution in [-0.4, -0.2) is 16.8 Å². The summed E-state index contributed by atoms with van der Waals surface area (Å²) in [5.41, 5.74) is 1.80. The van der Waals surface area contributed by atoms with Gasteiger partial charge in [0.05, 0.1) is 0 Å². The molecule has 0 radical (unpaired) electrons. The van der Waals surface area contributed by atoms with Gasteiger partial charge in [0.15, 0.2) is 0 Å². The lowest BCUT2D eigenvalue weighted by Crippen LogP contribution is -2.13. The van der Waals surface area contributed by atoms with Crippen molar-refractivity contribution in [1.82, 2.24) is 4.98 Å². The van der Waals surface area contributed by atoms with E-state index >= 15 is 0 Å². The van der Waals surface area contributed by atoms with Crippen molar-refractivity contribution in [2.24, 2.45) is 0 Å². The molecular weight excluding hydrogens is 290 g/mol. The van der Waals surface area contributed by atoms with E-state index in [4.69, 9.17) is 0 Å². The summed E-state index contributed by atoms with van der Waals surface area (Å²) in [6.45, 7) is 1.44. The lowest BCUT2D eigenvalue weighted by Gasteiger charge is -2.09. The van der Waals surface area contributed by atoms with Gasteiger partial charge in [0.25, 0.3) is 5.91 Å².